The first-order valence-electron chi connectivity index (χ1n) is 8.31. The summed E-state index contributed by atoms with van der Waals surface area (Å²) in [6.45, 7) is 3.55. The van der Waals surface area contributed by atoms with E-state index < -0.39 is 16.1 Å². The summed E-state index contributed by atoms with van der Waals surface area (Å²) >= 11 is 0. The lowest BCUT2D eigenvalue weighted by Crippen LogP contribution is -2.11. The molecule has 0 radical (unpaired) electrons. The monoisotopic (exact) mass is 385 g/mol. The second kappa shape index (κ2) is 7.46. The highest BCUT2D eigenvalue weighted by atomic mass is 32.2. The molecule has 0 aliphatic carbocycles. The molecule has 3 aromatic rings. The number of aromatic nitrogens is 1. The van der Waals surface area contributed by atoms with E-state index in [1.165, 1.54) is 24.3 Å². The number of nitrogens with zero attached hydrogens (tertiary/aromatic N) is 1. The number of benzene rings is 2. The number of carboxylic acids is 1. The molecule has 0 bridgehead atoms. The van der Waals surface area contributed by atoms with Gasteiger partial charge in [0.25, 0.3) is 10.1 Å². The average Bonchev–Trinajstić information content (AvgIpc) is 2.64. The highest BCUT2D eigenvalue weighted by Gasteiger charge is 2.18. The molecule has 0 saturated heterocycles. The van der Waals surface area contributed by atoms with Crippen LogP contribution < -0.4 is 0 Å². The van der Waals surface area contributed by atoms with E-state index in [9.17, 15) is 13.2 Å². The predicted molar refractivity (Wildman–Crippen MR) is 102 cm³/mol. The number of aromatic carboxylic acids is 1. The third-order valence-corrected chi connectivity index (χ3v) is 5.56. The van der Waals surface area contributed by atoms with Crippen LogP contribution in [-0.4, -0.2) is 24.5 Å². The maximum atomic E-state index is 12.5. The minimum atomic E-state index is -3.83. The number of carbonyl (C=O) groups is 1. The Morgan fingerprint density at radius 3 is 2.41 bits per heavy atom. The number of carboxylic acid groups (broad SMARTS) is 1. The molecular weight excluding hydrogens is 366 g/mol. The summed E-state index contributed by atoms with van der Waals surface area (Å²) in [5.41, 5.74) is 3.75. The molecule has 0 spiro atoms. The van der Waals surface area contributed by atoms with E-state index in [0.717, 1.165) is 22.2 Å². The molecule has 140 valence electrons. The van der Waals surface area contributed by atoms with Crippen molar-refractivity contribution in [2.45, 2.75) is 26.2 Å². The molecule has 0 aliphatic rings. The van der Waals surface area contributed by atoms with E-state index in [2.05, 4.69) is 4.98 Å². The van der Waals surface area contributed by atoms with Gasteiger partial charge in [-0.15, -0.1) is 0 Å². The van der Waals surface area contributed by atoms with Crippen molar-refractivity contribution in [3.63, 3.8) is 0 Å². The minimum absolute atomic E-state index is 0.135. The zero-order valence-electron chi connectivity index (χ0n) is 15.0. The first-order valence-corrected chi connectivity index (χ1v) is 9.89. The number of para-hydroxylation sites is 1. The van der Waals surface area contributed by atoms with Gasteiger partial charge >= 0.3 is 5.97 Å². The van der Waals surface area contributed by atoms with Crippen LogP contribution in [0.5, 0.6) is 0 Å². The number of hydrogen-bond donors (Lipinski definition) is 1. The standard InChI is InChI=1S/C20H19NO5S/c1-13-14(2)21-19-6-4-3-5-17(19)18(13)12-27(24,25)26-11-15-7-9-16(10-8-15)20(22)23/h3-10H,11-12H2,1-2H3,(H,22,23). The Balaban J connectivity index is 1.82. The Hall–Kier alpha value is -2.77. The molecule has 0 amide bonds. The van der Waals surface area contributed by atoms with Gasteiger partial charge < -0.3 is 5.11 Å². The first kappa shape index (κ1) is 19.0. The van der Waals surface area contributed by atoms with Crippen LogP contribution in [0.4, 0.5) is 0 Å². The molecule has 0 saturated carbocycles. The maximum Gasteiger partial charge on any atom is 0.335 e. The molecule has 0 unspecified atom stereocenters. The van der Waals surface area contributed by atoms with Crippen molar-refractivity contribution in [2.24, 2.45) is 0 Å². The molecule has 0 atom stereocenters. The normalized spacial score (nSPS) is 11.6. The van der Waals surface area contributed by atoms with Crippen LogP contribution in [0.1, 0.15) is 32.7 Å². The maximum absolute atomic E-state index is 12.5. The lowest BCUT2D eigenvalue weighted by Gasteiger charge is -2.13. The third-order valence-electron chi connectivity index (χ3n) is 4.44. The van der Waals surface area contributed by atoms with E-state index in [1.807, 2.05) is 38.1 Å². The van der Waals surface area contributed by atoms with Gasteiger partial charge in [-0.25, -0.2) is 4.79 Å². The fraction of sp³-hybridized carbons (Fsp3) is 0.200. The van der Waals surface area contributed by atoms with Crippen molar-refractivity contribution in [3.8, 4) is 0 Å². The van der Waals surface area contributed by atoms with E-state index >= 15 is 0 Å². The molecule has 6 nitrogen and oxygen atoms in total. The molecule has 2 aromatic carbocycles. The Bertz CT molecular complexity index is 1110. The highest BCUT2D eigenvalue weighted by molar-refractivity contribution is 7.85. The highest BCUT2D eigenvalue weighted by Crippen LogP contribution is 2.25. The van der Waals surface area contributed by atoms with Crippen molar-refractivity contribution in [3.05, 3.63) is 76.5 Å². The Kier molecular flexibility index (Phi) is 5.25. The van der Waals surface area contributed by atoms with Crippen molar-refractivity contribution in [2.75, 3.05) is 0 Å². The SMILES string of the molecule is Cc1nc2ccccc2c(CS(=O)(=O)OCc2ccc(C(=O)O)cc2)c1C. The zero-order valence-corrected chi connectivity index (χ0v) is 15.8. The largest absolute Gasteiger partial charge is 0.478 e. The van der Waals surface area contributed by atoms with E-state index in [0.29, 0.717) is 11.1 Å². The molecule has 1 N–H and O–H groups in total. The van der Waals surface area contributed by atoms with E-state index in [-0.39, 0.29) is 17.9 Å². The van der Waals surface area contributed by atoms with Crippen LogP contribution >= 0.6 is 0 Å². The van der Waals surface area contributed by atoms with Crippen LogP contribution in [0.2, 0.25) is 0 Å². The number of aryl methyl sites for hydroxylation is 1. The van der Waals surface area contributed by atoms with Gasteiger partial charge in [-0.1, -0.05) is 30.3 Å². The lowest BCUT2D eigenvalue weighted by molar-refractivity contribution is 0.0696. The molecule has 27 heavy (non-hydrogen) atoms. The molecule has 3 rings (SSSR count). The summed E-state index contributed by atoms with van der Waals surface area (Å²) in [4.78, 5) is 15.4. The summed E-state index contributed by atoms with van der Waals surface area (Å²) in [5.74, 6) is -1.29. The van der Waals surface area contributed by atoms with Crippen LogP contribution in [0.3, 0.4) is 0 Å². The topological polar surface area (TPSA) is 93.6 Å². The van der Waals surface area contributed by atoms with E-state index in [4.69, 9.17) is 9.29 Å². The molecular formula is C20H19NO5S. The average molecular weight is 385 g/mol. The van der Waals surface area contributed by atoms with Crippen molar-refractivity contribution >= 4 is 27.0 Å². The molecule has 0 fully saturated rings. The van der Waals surface area contributed by atoms with Crippen molar-refractivity contribution in [1.82, 2.24) is 4.98 Å². The van der Waals surface area contributed by atoms with Gasteiger partial charge in [-0.3, -0.25) is 9.17 Å². The number of hydrogen-bond acceptors (Lipinski definition) is 5. The zero-order chi connectivity index (χ0) is 19.6. The number of rotatable bonds is 6. The second-order valence-corrected chi connectivity index (χ2v) is 7.92. The summed E-state index contributed by atoms with van der Waals surface area (Å²) in [5, 5.41) is 9.69. The molecule has 7 heteroatoms. The van der Waals surface area contributed by atoms with Gasteiger partial charge in [-0.2, -0.15) is 8.42 Å². The second-order valence-electron chi connectivity index (χ2n) is 6.28. The number of fused-ring (bicyclic) bond motifs is 1. The van der Waals surface area contributed by atoms with Gasteiger partial charge in [0.05, 0.1) is 17.7 Å². The fourth-order valence-electron chi connectivity index (χ4n) is 2.82. The summed E-state index contributed by atoms with van der Waals surface area (Å²) in [6.07, 6.45) is 0. The van der Waals surface area contributed by atoms with Gasteiger partial charge in [-0.05, 0) is 48.7 Å². The number of pyridine rings is 1. The van der Waals surface area contributed by atoms with Gasteiger partial charge in [0.1, 0.15) is 5.75 Å². The van der Waals surface area contributed by atoms with Gasteiger partial charge in [0.2, 0.25) is 0 Å². The van der Waals surface area contributed by atoms with Crippen LogP contribution in [-0.2, 0) is 26.7 Å². The Labute approximate surface area is 157 Å². The summed E-state index contributed by atoms with van der Waals surface area (Å²) in [6, 6.07) is 13.3. The summed E-state index contributed by atoms with van der Waals surface area (Å²) in [7, 11) is -3.83. The van der Waals surface area contributed by atoms with Gasteiger partial charge in [0, 0.05) is 11.1 Å². The van der Waals surface area contributed by atoms with Crippen LogP contribution in [0, 0.1) is 13.8 Å². The quantitative estimate of drug-likeness (QED) is 0.652. The van der Waals surface area contributed by atoms with Crippen LogP contribution in [0.15, 0.2) is 48.5 Å². The predicted octanol–water partition coefficient (Wildman–Crippen LogP) is 3.60. The Morgan fingerprint density at radius 1 is 1.07 bits per heavy atom. The van der Waals surface area contributed by atoms with Crippen molar-refractivity contribution in [1.29, 1.82) is 0 Å². The molecule has 1 aromatic heterocycles. The lowest BCUT2D eigenvalue weighted by atomic mass is 10.0. The molecule has 1 heterocycles. The first-order chi connectivity index (χ1) is 12.8. The molecule has 0 aliphatic heterocycles. The smallest absolute Gasteiger partial charge is 0.335 e. The minimum Gasteiger partial charge on any atom is -0.478 e. The Morgan fingerprint density at radius 2 is 1.74 bits per heavy atom. The van der Waals surface area contributed by atoms with Gasteiger partial charge in [0.15, 0.2) is 0 Å². The van der Waals surface area contributed by atoms with Crippen molar-refractivity contribution < 1.29 is 22.5 Å². The third kappa shape index (κ3) is 4.32. The fourth-order valence-corrected chi connectivity index (χ4v) is 3.94. The summed E-state index contributed by atoms with van der Waals surface area (Å²) < 4.78 is 30.2. The van der Waals surface area contributed by atoms with E-state index in [1.54, 1.807) is 0 Å². The van der Waals surface area contributed by atoms with Crippen LogP contribution in [0.25, 0.3) is 10.9 Å².